The number of amides is 3. The number of esters is 2. The smallest absolute Gasteiger partial charge is 0.337 e. The maximum atomic E-state index is 11.4. The lowest BCUT2D eigenvalue weighted by molar-refractivity contribution is -0.121. The van der Waals surface area contributed by atoms with E-state index in [1.54, 1.807) is 63.8 Å². The van der Waals surface area contributed by atoms with Gasteiger partial charge >= 0.3 is 11.9 Å². The molecule has 18 heteroatoms. The number of hydrogen-bond donors (Lipinski definition) is 3. The molecule has 3 amide bonds. The minimum atomic E-state index is -0.592. The van der Waals surface area contributed by atoms with Crippen molar-refractivity contribution in [3.8, 4) is 17.2 Å². The molecule has 3 aliphatic heterocycles. The summed E-state index contributed by atoms with van der Waals surface area (Å²) in [7, 11) is 2.71. The molecule has 0 saturated carbocycles. The molecule has 302 valence electrons. The molecule has 0 unspecified atom stereocenters. The van der Waals surface area contributed by atoms with Gasteiger partial charge in [-0.05, 0) is 57.2 Å². The Hall–Kier alpha value is -4.62. The number of carbonyl (C=O) groups is 5. The van der Waals surface area contributed by atoms with Crippen LogP contribution in [0.2, 0.25) is 0 Å². The van der Waals surface area contributed by atoms with Crippen molar-refractivity contribution >= 4 is 71.2 Å². The normalized spacial score (nSPS) is 17.6. The van der Waals surface area contributed by atoms with Gasteiger partial charge in [0.05, 0.1) is 37.4 Å². The molecular formula is C37H50N4O11S3. The van der Waals surface area contributed by atoms with Gasteiger partial charge in [0.25, 0.3) is 5.91 Å². The van der Waals surface area contributed by atoms with Crippen LogP contribution in [0.15, 0.2) is 54.6 Å². The van der Waals surface area contributed by atoms with Gasteiger partial charge in [-0.3, -0.25) is 19.6 Å². The Morgan fingerprint density at radius 3 is 1.53 bits per heavy atom. The Morgan fingerprint density at radius 1 is 0.691 bits per heavy atom. The molecule has 3 heterocycles. The van der Waals surface area contributed by atoms with Crippen molar-refractivity contribution in [3.05, 3.63) is 88.0 Å². The summed E-state index contributed by atoms with van der Waals surface area (Å²) in [5.74, 6) is 0.634. The van der Waals surface area contributed by atoms with Gasteiger partial charge in [-0.2, -0.15) is 40.5 Å². The van der Waals surface area contributed by atoms with Gasteiger partial charge in [-0.15, -0.1) is 0 Å². The van der Waals surface area contributed by atoms with Crippen LogP contribution in [0.5, 0.6) is 17.2 Å². The average Bonchev–Trinajstić information content (AvgIpc) is 3.55. The predicted molar refractivity (Wildman–Crippen MR) is 217 cm³/mol. The molecule has 3 aromatic rings. The Bertz CT molecular complexity index is 1680. The Balaban J connectivity index is 0.000000402. The summed E-state index contributed by atoms with van der Waals surface area (Å²) in [5.41, 5.74) is 5.64. The lowest BCUT2D eigenvalue weighted by atomic mass is 10.1. The van der Waals surface area contributed by atoms with E-state index in [-0.39, 0.29) is 58.5 Å². The van der Waals surface area contributed by atoms with Gasteiger partial charge in [0.2, 0.25) is 12.8 Å². The van der Waals surface area contributed by atoms with Gasteiger partial charge in [-0.1, -0.05) is 18.2 Å². The Morgan fingerprint density at radius 2 is 1.09 bits per heavy atom. The number of benzene rings is 3. The second kappa shape index (κ2) is 23.3. The molecule has 3 aliphatic rings. The Labute approximate surface area is 341 Å². The third kappa shape index (κ3) is 13.0. The third-order valence-corrected chi connectivity index (χ3v) is 8.61. The topological polar surface area (TPSA) is 182 Å². The molecule has 55 heavy (non-hydrogen) atoms. The van der Waals surface area contributed by atoms with Crippen LogP contribution in [-0.2, 0) is 38.7 Å². The van der Waals surface area contributed by atoms with Crippen molar-refractivity contribution in [2.45, 2.75) is 58.5 Å². The van der Waals surface area contributed by atoms with Crippen molar-refractivity contribution in [1.82, 2.24) is 20.6 Å². The molecule has 6 rings (SSSR count). The van der Waals surface area contributed by atoms with Crippen molar-refractivity contribution in [3.63, 3.8) is 0 Å². The number of hydrogen-bond acceptors (Lipinski definition) is 12. The maximum absolute atomic E-state index is 11.4. The highest BCUT2D eigenvalue weighted by Gasteiger charge is 2.23. The van der Waals surface area contributed by atoms with Gasteiger partial charge < -0.3 is 38.8 Å². The van der Waals surface area contributed by atoms with Gasteiger partial charge in [0.1, 0.15) is 37.1 Å². The maximum Gasteiger partial charge on any atom is 0.337 e. The van der Waals surface area contributed by atoms with E-state index in [0.717, 1.165) is 41.8 Å². The fourth-order valence-corrected chi connectivity index (χ4v) is 5.33. The molecule has 0 spiro atoms. The third-order valence-electron chi connectivity index (χ3n) is 8.61. The number of fused-ring (bicyclic) bond motifs is 3. The van der Waals surface area contributed by atoms with Crippen LogP contribution in [0.3, 0.4) is 0 Å². The molecule has 3 N–H and O–H groups in total. The summed E-state index contributed by atoms with van der Waals surface area (Å²) >= 11 is 0. The first kappa shape index (κ1) is 48.4. The molecule has 0 fully saturated rings. The number of nitrogens with zero attached hydrogens (tertiary/aromatic N) is 2. The van der Waals surface area contributed by atoms with Gasteiger partial charge in [0, 0.05) is 47.9 Å². The zero-order valence-corrected chi connectivity index (χ0v) is 34.2. The monoisotopic (exact) mass is 822 g/mol. The van der Waals surface area contributed by atoms with E-state index in [2.05, 4.69) is 21.7 Å². The number of ether oxygens (including phenoxy) is 5. The van der Waals surface area contributed by atoms with Gasteiger partial charge in [-0.25, -0.2) is 15.1 Å². The minimum Gasteiger partial charge on any atom is -0.492 e. The summed E-state index contributed by atoms with van der Waals surface area (Å²) in [4.78, 5) is 59.3. The van der Waals surface area contributed by atoms with Crippen LogP contribution >= 0.6 is 40.5 Å². The number of carbonyl (C=O) groups excluding carboxylic acids is 5. The summed E-state index contributed by atoms with van der Waals surface area (Å²) in [5, 5.41) is 11.9. The molecular weight excluding hydrogens is 773 g/mol. The van der Waals surface area contributed by atoms with Crippen molar-refractivity contribution in [1.29, 1.82) is 0 Å². The molecule has 3 atom stereocenters. The first-order chi connectivity index (χ1) is 25.0. The van der Waals surface area contributed by atoms with E-state index in [1.807, 2.05) is 19.9 Å². The number of rotatable bonds is 5. The standard InChI is InChI=1S/C13H15NO4.C12H14N2O4.C12H15NO3.3H2S/c1-9-7-18-12-5-10(13(16)17-2)3-4-11(12)6-14(9)8-15;1-8-6-18-11-4-9(12(16)13-17)2-3-10(11)5-14(8)7-15;1-8-7-16-11-5-9(12(14)15-2)3-4-10(11)6-13-8;;;/h3-5,8-9H,6-7H2,1-2H3;2-4,7-8,17H,5-6H2,1H3,(H,13,16);3-5,8,13H,6-7H2,1-2H3;3*1H2/t9-;2*8-;;;/m000.../s1. The van der Waals surface area contributed by atoms with E-state index >= 15 is 0 Å². The van der Waals surface area contributed by atoms with E-state index < -0.39 is 11.9 Å². The second-order valence-corrected chi connectivity index (χ2v) is 12.4. The highest BCUT2D eigenvalue weighted by atomic mass is 32.1. The first-order valence-electron chi connectivity index (χ1n) is 16.5. The number of hydroxylamine groups is 1. The molecule has 0 bridgehead atoms. The van der Waals surface area contributed by atoms with Crippen LogP contribution in [0.1, 0.15) is 68.5 Å². The van der Waals surface area contributed by atoms with Crippen molar-refractivity contribution in [2.24, 2.45) is 0 Å². The zero-order valence-electron chi connectivity index (χ0n) is 31.2. The predicted octanol–water partition coefficient (Wildman–Crippen LogP) is 3.44. The number of methoxy groups -OCH3 is 2. The van der Waals surface area contributed by atoms with Gasteiger partial charge in [0.15, 0.2) is 0 Å². The molecule has 0 saturated heterocycles. The molecule has 0 radical (unpaired) electrons. The van der Waals surface area contributed by atoms with Crippen LogP contribution in [0, 0.1) is 0 Å². The van der Waals surface area contributed by atoms with Crippen LogP contribution in [0.25, 0.3) is 0 Å². The average molecular weight is 823 g/mol. The summed E-state index contributed by atoms with van der Waals surface area (Å²) in [6.07, 6.45) is 1.61. The fraction of sp³-hybridized carbons (Fsp3) is 0.378. The largest absolute Gasteiger partial charge is 0.492 e. The van der Waals surface area contributed by atoms with Crippen LogP contribution in [-0.4, -0.2) is 97.8 Å². The Kier molecular flexibility index (Phi) is 20.5. The lowest BCUT2D eigenvalue weighted by Gasteiger charge is -2.20. The minimum absolute atomic E-state index is 0. The van der Waals surface area contributed by atoms with Crippen molar-refractivity contribution < 1.29 is 52.9 Å². The molecule has 3 aromatic carbocycles. The quantitative estimate of drug-likeness (QED) is 0.148. The van der Waals surface area contributed by atoms with Crippen molar-refractivity contribution in [2.75, 3.05) is 34.0 Å². The summed E-state index contributed by atoms with van der Waals surface area (Å²) < 4.78 is 26.1. The van der Waals surface area contributed by atoms with E-state index in [9.17, 15) is 24.0 Å². The van der Waals surface area contributed by atoms with E-state index in [1.165, 1.54) is 14.2 Å². The van der Waals surface area contributed by atoms with E-state index in [0.29, 0.717) is 67.1 Å². The van der Waals surface area contributed by atoms with Crippen LogP contribution in [0.4, 0.5) is 0 Å². The van der Waals surface area contributed by atoms with E-state index in [4.69, 9.17) is 19.4 Å². The second-order valence-electron chi connectivity index (χ2n) is 12.4. The molecule has 0 aromatic heterocycles. The number of nitrogens with one attached hydrogen (secondary N) is 2. The highest BCUT2D eigenvalue weighted by molar-refractivity contribution is 7.59. The first-order valence-corrected chi connectivity index (χ1v) is 16.5. The zero-order chi connectivity index (χ0) is 37.8. The van der Waals surface area contributed by atoms with Crippen LogP contribution < -0.4 is 25.0 Å². The fourth-order valence-electron chi connectivity index (χ4n) is 5.33. The molecule has 15 nitrogen and oxygen atoms in total. The molecule has 0 aliphatic carbocycles. The SMILES string of the molecule is COC(=O)c1ccc2c(c1)OC[C@H](C)N(C=O)C2.COC(=O)c1ccc2c(c1)OC[C@H](C)NC2.C[C@H]1COc2cc(C(=O)NO)ccc2CN1C=O.S.S.S. The summed E-state index contributed by atoms with van der Waals surface area (Å²) in [6.45, 7) is 8.96. The highest BCUT2D eigenvalue weighted by Crippen LogP contribution is 2.27. The summed E-state index contributed by atoms with van der Waals surface area (Å²) in [6, 6.07) is 15.7. The lowest BCUT2D eigenvalue weighted by Crippen LogP contribution is -2.33.